The highest BCUT2D eigenvalue weighted by Gasteiger charge is 2.44. The normalized spacial score (nSPS) is 20.9. The van der Waals surface area contributed by atoms with E-state index < -0.39 is 0 Å². The summed E-state index contributed by atoms with van der Waals surface area (Å²) in [5, 5.41) is 4.78. The molecule has 30 heavy (non-hydrogen) atoms. The molecule has 158 valence electrons. The van der Waals surface area contributed by atoms with Crippen LogP contribution in [0.2, 0.25) is 0 Å². The zero-order valence-corrected chi connectivity index (χ0v) is 16.9. The van der Waals surface area contributed by atoms with Crippen molar-refractivity contribution in [2.75, 3.05) is 24.6 Å². The quantitative estimate of drug-likeness (QED) is 0.555. The molecule has 3 aliphatic rings. The maximum absolute atomic E-state index is 12.6. The number of ether oxygens (including phenoxy) is 1. The second-order valence-corrected chi connectivity index (χ2v) is 8.68. The van der Waals surface area contributed by atoms with Crippen LogP contribution in [0.3, 0.4) is 0 Å². The topological polar surface area (TPSA) is 93.0 Å². The van der Waals surface area contributed by atoms with Crippen LogP contribution in [0.5, 0.6) is 5.75 Å². The summed E-state index contributed by atoms with van der Waals surface area (Å²) in [6, 6.07) is 5.39. The summed E-state index contributed by atoms with van der Waals surface area (Å²) >= 11 is 0. The first-order valence-electron chi connectivity index (χ1n) is 10.7. The van der Waals surface area contributed by atoms with Crippen molar-refractivity contribution < 1.29 is 23.6 Å². The van der Waals surface area contributed by atoms with Crippen molar-refractivity contribution in [1.82, 2.24) is 10.1 Å². The standard InChI is InChI=1S/C22H25N3O5/c26-17-12-22(8-1-2-9-22)13-18(27)24(17)10-3-4-11-25-19(28)14-29-15-6-5-7-16-20(15)21(25)23-30-16/h5-7H,1-4,8-14H2. The van der Waals surface area contributed by atoms with E-state index in [9.17, 15) is 14.4 Å². The Morgan fingerprint density at radius 3 is 2.37 bits per heavy atom. The van der Waals surface area contributed by atoms with E-state index in [-0.39, 0.29) is 29.7 Å². The molecule has 2 aliphatic heterocycles. The van der Waals surface area contributed by atoms with Gasteiger partial charge in [0.2, 0.25) is 11.8 Å². The Labute approximate surface area is 174 Å². The minimum atomic E-state index is -0.185. The molecule has 1 aromatic carbocycles. The second kappa shape index (κ2) is 7.41. The molecule has 0 N–H and O–H groups in total. The number of unbranched alkanes of at least 4 members (excludes halogenated alkanes) is 1. The predicted molar refractivity (Wildman–Crippen MR) is 108 cm³/mol. The zero-order chi connectivity index (χ0) is 20.7. The SMILES string of the molecule is O=C1CC2(CCCC2)CC(=O)N1CCCCN1C(=O)COc2cccc3onc1c23. The highest BCUT2D eigenvalue weighted by molar-refractivity contribution is 6.05. The van der Waals surface area contributed by atoms with E-state index in [1.807, 2.05) is 0 Å². The van der Waals surface area contributed by atoms with Crippen molar-refractivity contribution in [3.05, 3.63) is 18.2 Å². The summed E-state index contributed by atoms with van der Waals surface area (Å²) in [6.07, 6.45) is 6.49. The molecule has 3 amide bonds. The lowest BCUT2D eigenvalue weighted by Crippen LogP contribution is -2.47. The van der Waals surface area contributed by atoms with E-state index in [2.05, 4.69) is 5.16 Å². The van der Waals surface area contributed by atoms with Crippen molar-refractivity contribution in [2.24, 2.45) is 5.41 Å². The summed E-state index contributed by atoms with van der Waals surface area (Å²) < 4.78 is 11.0. The molecule has 0 radical (unpaired) electrons. The maximum atomic E-state index is 12.6. The first-order chi connectivity index (χ1) is 14.6. The molecule has 8 nitrogen and oxygen atoms in total. The number of nitrogens with zero attached hydrogens (tertiary/aromatic N) is 3. The van der Waals surface area contributed by atoms with E-state index in [4.69, 9.17) is 9.26 Å². The van der Waals surface area contributed by atoms with Crippen LogP contribution >= 0.6 is 0 Å². The molecule has 0 atom stereocenters. The molecule has 8 heteroatoms. The van der Waals surface area contributed by atoms with E-state index in [1.165, 1.54) is 4.90 Å². The number of hydrogen-bond donors (Lipinski definition) is 0. The fraction of sp³-hybridized carbons (Fsp3) is 0.545. The number of rotatable bonds is 5. The molecule has 1 saturated heterocycles. The molecule has 0 unspecified atom stereocenters. The number of hydrogen-bond acceptors (Lipinski definition) is 6. The number of benzene rings is 1. The van der Waals surface area contributed by atoms with Crippen LogP contribution in [0.1, 0.15) is 51.4 Å². The third-order valence-electron chi connectivity index (χ3n) is 6.68. The summed E-state index contributed by atoms with van der Waals surface area (Å²) in [5.74, 6) is 0.787. The highest BCUT2D eigenvalue weighted by atomic mass is 16.5. The molecular formula is C22H25N3O5. The van der Waals surface area contributed by atoms with Crippen molar-refractivity contribution in [3.8, 4) is 5.75 Å². The monoisotopic (exact) mass is 411 g/mol. The summed E-state index contributed by atoms with van der Waals surface area (Å²) in [5.41, 5.74) is 0.502. The number of carbonyl (C=O) groups is 3. The van der Waals surface area contributed by atoms with Crippen LogP contribution in [-0.2, 0) is 14.4 Å². The Kier molecular flexibility index (Phi) is 4.72. The molecule has 1 saturated carbocycles. The maximum Gasteiger partial charge on any atom is 0.266 e. The second-order valence-electron chi connectivity index (χ2n) is 8.68. The van der Waals surface area contributed by atoms with E-state index in [0.29, 0.717) is 61.3 Å². The Balaban J connectivity index is 1.21. The first kappa shape index (κ1) is 19.1. The lowest BCUT2D eigenvalue weighted by Gasteiger charge is -2.37. The predicted octanol–water partition coefficient (Wildman–Crippen LogP) is 3.04. The van der Waals surface area contributed by atoms with Gasteiger partial charge in [-0.2, -0.15) is 0 Å². The largest absolute Gasteiger partial charge is 0.483 e. The number of likely N-dealkylation sites (tertiary alicyclic amines) is 1. The minimum absolute atomic E-state index is 0.0421. The highest BCUT2D eigenvalue weighted by Crippen LogP contribution is 2.47. The van der Waals surface area contributed by atoms with Crippen LogP contribution in [0.4, 0.5) is 5.82 Å². The average molecular weight is 411 g/mol. The van der Waals surface area contributed by atoms with Crippen LogP contribution in [0, 0.1) is 5.41 Å². The van der Waals surface area contributed by atoms with Crippen molar-refractivity contribution in [3.63, 3.8) is 0 Å². The van der Waals surface area contributed by atoms with Gasteiger partial charge >= 0.3 is 0 Å². The zero-order valence-electron chi connectivity index (χ0n) is 16.9. The molecule has 1 spiro atoms. The van der Waals surface area contributed by atoms with E-state index >= 15 is 0 Å². The molecule has 5 rings (SSSR count). The third-order valence-corrected chi connectivity index (χ3v) is 6.68. The Bertz CT molecular complexity index is 987. The van der Waals surface area contributed by atoms with Gasteiger partial charge in [0.05, 0.1) is 0 Å². The lowest BCUT2D eigenvalue weighted by atomic mass is 9.76. The Morgan fingerprint density at radius 1 is 0.933 bits per heavy atom. The van der Waals surface area contributed by atoms with Crippen LogP contribution in [-0.4, -0.2) is 47.5 Å². The molecule has 2 aromatic rings. The van der Waals surface area contributed by atoms with Gasteiger partial charge in [-0.05, 0) is 43.2 Å². The number of piperidine rings is 1. The molecule has 1 aromatic heterocycles. The smallest absolute Gasteiger partial charge is 0.266 e. The van der Waals surface area contributed by atoms with Gasteiger partial charge in [0, 0.05) is 25.9 Å². The van der Waals surface area contributed by atoms with Crippen LogP contribution in [0.25, 0.3) is 11.0 Å². The van der Waals surface area contributed by atoms with Gasteiger partial charge in [0.1, 0.15) is 11.1 Å². The number of amides is 3. The third kappa shape index (κ3) is 3.24. The number of anilines is 1. The number of aromatic nitrogens is 1. The average Bonchev–Trinajstić information content (AvgIpc) is 3.32. The van der Waals surface area contributed by atoms with Gasteiger partial charge in [-0.25, -0.2) is 0 Å². The van der Waals surface area contributed by atoms with E-state index in [1.54, 1.807) is 23.1 Å². The van der Waals surface area contributed by atoms with Crippen LogP contribution in [0.15, 0.2) is 22.7 Å². The van der Waals surface area contributed by atoms with Gasteiger partial charge < -0.3 is 9.26 Å². The fourth-order valence-electron chi connectivity index (χ4n) is 5.12. The summed E-state index contributed by atoms with van der Waals surface area (Å²) in [7, 11) is 0. The molecule has 0 bridgehead atoms. The number of carbonyl (C=O) groups excluding carboxylic acids is 3. The van der Waals surface area contributed by atoms with Crippen LogP contribution < -0.4 is 9.64 Å². The molecule has 1 aliphatic carbocycles. The lowest BCUT2D eigenvalue weighted by molar-refractivity contribution is -0.153. The summed E-state index contributed by atoms with van der Waals surface area (Å²) in [6.45, 7) is 0.774. The first-order valence-corrected chi connectivity index (χ1v) is 10.7. The van der Waals surface area contributed by atoms with Gasteiger partial charge in [-0.1, -0.05) is 24.1 Å². The van der Waals surface area contributed by atoms with E-state index in [0.717, 1.165) is 25.7 Å². The molecule has 3 heterocycles. The Hall–Kier alpha value is -2.90. The summed E-state index contributed by atoms with van der Waals surface area (Å²) in [4.78, 5) is 40.7. The van der Waals surface area contributed by atoms with Gasteiger partial charge in [-0.3, -0.25) is 24.2 Å². The number of imide groups is 1. The van der Waals surface area contributed by atoms with Crippen molar-refractivity contribution in [2.45, 2.75) is 51.4 Å². The van der Waals surface area contributed by atoms with Gasteiger partial charge in [0.25, 0.3) is 5.91 Å². The Morgan fingerprint density at radius 2 is 1.63 bits per heavy atom. The minimum Gasteiger partial charge on any atom is -0.483 e. The fourth-order valence-corrected chi connectivity index (χ4v) is 5.12. The molecular weight excluding hydrogens is 386 g/mol. The van der Waals surface area contributed by atoms with Gasteiger partial charge in [-0.15, -0.1) is 0 Å². The van der Waals surface area contributed by atoms with Crippen molar-refractivity contribution in [1.29, 1.82) is 0 Å². The van der Waals surface area contributed by atoms with Crippen molar-refractivity contribution >= 4 is 34.5 Å². The van der Waals surface area contributed by atoms with Gasteiger partial charge in [0.15, 0.2) is 18.0 Å². The molecule has 2 fully saturated rings.